The number of urea groups is 1. The first kappa shape index (κ1) is 16.5. The van der Waals surface area contributed by atoms with Crippen molar-refractivity contribution in [2.75, 3.05) is 19.6 Å². The van der Waals surface area contributed by atoms with E-state index in [2.05, 4.69) is 20.8 Å². The summed E-state index contributed by atoms with van der Waals surface area (Å²) in [5, 5.41) is 14.3. The lowest BCUT2D eigenvalue weighted by atomic mass is 9.98. The second-order valence-electron chi connectivity index (χ2n) is 5.70. The Bertz CT molecular complexity index is 656. The number of piperidine rings is 1. The third-order valence-electron chi connectivity index (χ3n) is 4.10. The zero-order valence-corrected chi connectivity index (χ0v) is 14.1. The number of aromatic amines is 1. The zero-order chi connectivity index (χ0) is 16.8. The lowest BCUT2D eigenvalue weighted by Gasteiger charge is -2.35. The van der Waals surface area contributed by atoms with E-state index in [0.29, 0.717) is 18.0 Å². The average molecular weight is 347 g/mol. The molecule has 0 aliphatic carbocycles. The Labute approximate surface area is 144 Å². The first-order valence-electron chi connectivity index (χ1n) is 8.10. The molecule has 24 heavy (non-hydrogen) atoms. The van der Waals surface area contributed by atoms with E-state index < -0.39 is 0 Å². The number of nitrogens with one attached hydrogen (secondary N) is 3. The summed E-state index contributed by atoms with van der Waals surface area (Å²) >= 11 is 1.40. The van der Waals surface area contributed by atoms with Crippen LogP contribution in [0.2, 0.25) is 0 Å². The summed E-state index contributed by atoms with van der Waals surface area (Å²) in [5.74, 6) is -0.103. The summed E-state index contributed by atoms with van der Waals surface area (Å²) in [6.45, 7) is 1.56. The molecule has 1 aliphatic rings. The molecule has 2 aromatic heterocycles. The third-order valence-corrected chi connectivity index (χ3v) is 4.97. The molecule has 128 valence electrons. The lowest BCUT2D eigenvalue weighted by molar-refractivity contribution is 0.0957. The topological polar surface area (TPSA) is 90.1 Å². The molecule has 8 heteroatoms. The summed E-state index contributed by atoms with van der Waals surface area (Å²) in [6.07, 6.45) is 6.69. The molecule has 3 amide bonds. The van der Waals surface area contributed by atoms with Gasteiger partial charge in [0, 0.05) is 31.4 Å². The summed E-state index contributed by atoms with van der Waals surface area (Å²) in [7, 11) is 0. The largest absolute Gasteiger partial charge is 0.350 e. The van der Waals surface area contributed by atoms with Crippen molar-refractivity contribution >= 4 is 23.3 Å². The average Bonchev–Trinajstić information content (AvgIpc) is 3.32. The number of rotatable bonds is 5. The molecule has 3 rings (SSSR count). The number of carbonyl (C=O) groups excluding carboxylic acids is 2. The number of H-pyrrole nitrogens is 1. The van der Waals surface area contributed by atoms with Crippen molar-refractivity contribution in [1.29, 1.82) is 0 Å². The van der Waals surface area contributed by atoms with Crippen molar-refractivity contribution in [1.82, 2.24) is 25.7 Å². The maximum absolute atomic E-state index is 12.5. The second kappa shape index (κ2) is 7.96. The fourth-order valence-electron chi connectivity index (χ4n) is 2.91. The molecular formula is C16H21N5O2S. The van der Waals surface area contributed by atoms with Crippen LogP contribution in [0.1, 0.15) is 40.5 Å². The van der Waals surface area contributed by atoms with Gasteiger partial charge in [-0.15, -0.1) is 11.3 Å². The predicted octanol–water partition coefficient (Wildman–Crippen LogP) is 2.14. The fraction of sp³-hybridized carbons (Fsp3) is 0.438. The van der Waals surface area contributed by atoms with Gasteiger partial charge in [-0.2, -0.15) is 5.10 Å². The molecule has 0 aromatic carbocycles. The molecule has 1 unspecified atom stereocenters. The highest BCUT2D eigenvalue weighted by molar-refractivity contribution is 7.12. The number of hydrogen-bond acceptors (Lipinski definition) is 4. The minimum absolute atomic E-state index is 0.0678. The van der Waals surface area contributed by atoms with Crippen LogP contribution in [0.4, 0.5) is 4.79 Å². The maximum atomic E-state index is 12.5. The number of amides is 3. The van der Waals surface area contributed by atoms with Gasteiger partial charge in [-0.05, 0) is 30.7 Å². The fourth-order valence-corrected chi connectivity index (χ4v) is 3.55. The molecule has 1 fully saturated rings. The van der Waals surface area contributed by atoms with Gasteiger partial charge >= 0.3 is 6.03 Å². The van der Waals surface area contributed by atoms with Crippen LogP contribution in [-0.2, 0) is 0 Å². The van der Waals surface area contributed by atoms with E-state index in [1.165, 1.54) is 11.3 Å². The van der Waals surface area contributed by atoms with E-state index >= 15 is 0 Å². The molecule has 7 nitrogen and oxygen atoms in total. The number of likely N-dealkylation sites (tertiary alicyclic amines) is 1. The highest BCUT2D eigenvalue weighted by Gasteiger charge is 2.28. The number of thiophene rings is 1. The SMILES string of the molecule is O=C(NCCNC(=O)N1CCCCC1c1cn[nH]c1)c1cccs1. The van der Waals surface area contributed by atoms with Gasteiger partial charge in [0.15, 0.2) is 0 Å². The van der Waals surface area contributed by atoms with Crippen LogP contribution >= 0.6 is 11.3 Å². The molecule has 0 bridgehead atoms. The number of carbonyl (C=O) groups is 2. The van der Waals surface area contributed by atoms with E-state index in [4.69, 9.17) is 0 Å². The summed E-state index contributed by atoms with van der Waals surface area (Å²) < 4.78 is 0. The number of nitrogens with zero attached hydrogens (tertiary/aromatic N) is 2. The van der Waals surface area contributed by atoms with Crippen molar-refractivity contribution in [2.24, 2.45) is 0 Å². The molecular weight excluding hydrogens is 326 g/mol. The third kappa shape index (κ3) is 3.94. The van der Waals surface area contributed by atoms with Crippen molar-refractivity contribution in [3.05, 3.63) is 40.3 Å². The van der Waals surface area contributed by atoms with E-state index in [-0.39, 0.29) is 18.0 Å². The van der Waals surface area contributed by atoms with E-state index in [1.54, 1.807) is 12.3 Å². The normalized spacial score (nSPS) is 17.5. The molecule has 0 spiro atoms. The molecule has 0 saturated carbocycles. The van der Waals surface area contributed by atoms with Crippen molar-refractivity contribution in [3.63, 3.8) is 0 Å². The van der Waals surface area contributed by atoms with Gasteiger partial charge < -0.3 is 15.5 Å². The van der Waals surface area contributed by atoms with Gasteiger partial charge in [-0.3, -0.25) is 9.89 Å². The highest BCUT2D eigenvalue weighted by Crippen LogP contribution is 2.30. The molecule has 3 heterocycles. The lowest BCUT2D eigenvalue weighted by Crippen LogP contribution is -2.46. The van der Waals surface area contributed by atoms with Crippen LogP contribution in [0.15, 0.2) is 29.9 Å². The Morgan fingerprint density at radius 3 is 2.96 bits per heavy atom. The second-order valence-corrected chi connectivity index (χ2v) is 6.65. The van der Waals surface area contributed by atoms with E-state index in [1.807, 2.05) is 22.5 Å². The first-order chi connectivity index (χ1) is 11.8. The van der Waals surface area contributed by atoms with Gasteiger partial charge in [0.1, 0.15) is 0 Å². The summed E-state index contributed by atoms with van der Waals surface area (Å²) in [5.41, 5.74) is 1.04. The minimum atomic E-state index is -0.103. The molecule has 0 radical (unpaired) electrons. The van der Waals surface area contributed by atoms with Crippen LogP contribution in [-0.4, -0.2) is 46.7 Å². The van der Waals surface area contributed by atoms with Gasteiger partial charge in [0.05, 0.1) is 17.1 Å². The van der Waals surface area contributed by atoms with Crippen molar-refractivity contribution in [3.8, 4) is 0 Å². The molecule has 3 N–H and O–H groups in total. The highest BCUT2D eigenvalue weighted by atomic mass is 32.1. The zero-order valence-electron chi connectivity index (χ0n) is 13.3. The minimum Gasteiger partial charge on any atom is -0.350 e. The monoisotopic (exact) mass is 347 g/mol. The Morgan fingerprint density at radius 1 is 1.33 bits per heavy atom. The van der Waals surface area contributed by atoms with E-state index in [9.17, 15) is 9.59 Å². The van der Waals surface area contributed by atoms with Gasteiger partial charge in [-0.25, -0.2) is 4.79 Å². The van der Waals surface area contributed by atoms with Gasteiger partial charge in [0.2, 0.25) is 0 Å². The Kier molecular flexibility index (Phi) is 5.47. The van der Waals surface area contributed by atoms with Crippen molar-refractivity contribution in [2.45, 2.75) is 25.3 Å². The smallest absolute Gasteiger partial charge is 0.317 e. The quantitative estimate of drug-likeness (QED) is 0.724. The van der Waals surface area contributed by atoms with E-state index in [0.717, 1.165) is 31.4 Å². The summed E-state index contributed by atoms with van der Waals surface area (Å²) in [6, 6.07) is 3.60. The summed E-state index contributed by atoms with van der Waals surface area (Å²) in [4.78, 5) is 26.8. The van der Waals surface area contributed by atoms with Gasteiger partial charge in [0.25, 0.3) is 5.91 Å². The Hall–Kier alpha value is -2.35. The number of aromatic nitrogens is 2. The van der Waals surface area contributed by atoms with Gasteiger partial charge in [-0.1, -0.05) is 6.07 Å². The van der Waals surface area contributed by atoms with Crippen LogP contribution in [0.25, 0.3) is 0 Å². The van der Waals surface area contributed by atoms with Crippen LogP contribution < -0.4 is 10.6 Å². The van der Waals surface area contributed by atoms with Crippen LogP contribution in [0, 0.1) is 0 Å². The Balaban J connectivity index is 1.46. The Morgan fingerprint density at radius 2 is 2.21 bits per heavy atom. The maximum Gasteiger partial charge on any atom is 0.317 e. The molecule has 2 aromatic rings. The van der Waals surface area contributed by atoms with Crippen LogP contribution in [0.5, 0.6) is 0 Å². The standard InChI is InChI=1S/C16H21N5O2S/c22-15(14-5-3-9-24-14)17-6-7-18-16(23)21-8-2-1-4-13(21)12-10-19-20-11-12/h3,5,9-11,13H,1-2,4,6-8H2,(H,17,22)(H,18,23)(H,19,20). The number of hydrogen-bond donors (Lipinski definition) is 3. The molecule has 1 aliphatic heterocycles. The molecule has 1 saturated heterocycles. The molecule has 1 atom stereocenters. The first-order valence-corrected chi connectivity index (χ1v) is 8.98. The van der Waals surface area contributed by atoms with Crippen molar-refractivity contribution < 1.29 is 9.59 Å². The predicted molar refractivity (Wildman–Crippen MR) is 91.9 cm³/mol. The van der Waals surface area contributed by atoms with Crippen LogP contribution in [0.3, 0.4) is 0 Å².